The van der Waals surface area contributed by atoms with E-state index >= 15 is 0 Å². The summed E-state index contributed by atoms with van der Waals surface area (Å²) in [5.41, 5.74) is 1.54. The van der Waals surface area contributed by atoms with Gasteiger partial charge in [0.25, 0.3) is 5.91 Å². The summed E-state index contributed by atoms with van der Waals surface area (Å²) in [5.74, 6) is 1.38. The van der Waals surface area contributed by atoms with Crippen LogP contribution in [-0.4, -0.2) is 22.2 Å². The molecule has 0 fully saturated rings. The molecular weight excluding hydrogens is 386 g/mol. The van der Waals surface area contributed by atoms with Gasteiger partial charge in [0.15, 0.2) is 6.10 Å². The minimum Gasteiger partial charge on any atom is -0.479 e. The van der Waals surface area contributed by atoms with Crippen LogP contribution < -0.4 is 9.64 Å². The van der Waals surface area contributed by atoms with Crippen molar-refractivity contribution in [2.45, 2.75) is 19.6 Å². The van der Waals surface area contributed by atoms with Crippen molar-refractivity contribution in [2.75, 3.05) is 4.90 Å². The van der Waals surface area contributed by atoms with Crippen molar-refractivity contribution in [3.05, 3.63) is 58.9 Å². The summed E-state index contributed by atoms with van der Waals surface area (Å²) in [5, 5.41) is 4.02. The molecule has 0 bridgehead atoms. The van der Waals surface area contributed by atoms with Crippen molar-refractivity contribution in [1.82, 2.24) is 10.1 Å². The van der Waals surface area contributed by atoms with Gasteiger partial charge in [-0.25, -0.2) is 0 Å². The Morgan fingerprint density at radius 2 is 2.04 bits per heavy atom. The van der Waals surface area contributed by atoms with E-state index in [-0.39, 0.29) is 12.5 Å². The number of amides is 1. The summed E-state index contributed by atoms with van der Waals surface area (Å²) in [6.07, 6.45) is -0.553. The van der Waals surface area contributed by atoms with Gasteiger partial charge in [-0.1, -0.05) is 45.4 Å². The van der Waals surface area contributed by atoms with Gasteiger partial charge in [0.2, 0.25) is 11.7 Å². The average Bonchev–Trinajstić information content (AvgIpc) is 3.08. The van der Waals surface area contributed by atoms with Crippen LogP contribution in [0.2, 0.25) is 0 Å². The number of benzene rings is 2. The number of aromatic nitrogens is 2. The second-order valence-electron chi connectivity index (χ2n) is 5.67. The Bertz CT molecular complexity index is 941. The van der Waals surface area contributed by atoms with Gasteiger partial charge >= 0.3 is 0 Å². The van der Waals surface area contributed by atoms with E-state index in [1.165, 1.54) is 0 Å². The lowest BCUT2D eigenvalue weighted by molar-refractivity contribution is -0.125. The molecule has 7 heteroatoms. The van der Waals surface area contributed by atoms with Gasteiger partial charge in [0.05, 0.1) is 5.69 Å². The molecule has 0 aliphatic carbocycles. The van der Waals surface area contributed by atoms with Gasteiger partial charge in [-0.15, -0.1) is 0 Å². The maximum absolute atomic E-state index is 12.5. The van der Waals surface area contributed by atoms with Crippen molar-refractivity contribution in [2.24, 2.45) is 0 Å². The molecule has 6 nitrogen and oxygen atoms in total. The van der Waals surface area contributed by atoms with Crippen molar-refractivity contribution < 1.29 is 14.1 Å². The number of carbonyl (C=O) groups is 1. The van der Waals surface area contributed by atoms with Crippen LogP contribution in [0.1, 0.15) is 12.8 Å². The highest BCUT2D eigenvalue weighted by Gasteiger charge is 2.32. The molecule has 0 saturated heterocycles. The first kappa shape index (κ1) is 15.8. The molecule has 1 amide bonds. The molecule has 1 aliphatic rings. The predicted molar refractivity (Wildman–Crippen MR) is 95.2 cm³/mol. The fraction of sp³-hybridized carbons (Fsp3) is 0.167. The van der Waals surface area contributed by atoms with Crippen LogP contribution in [0, 0.1) is 0 Å². The number of anilines is 1. The maximum Gasteiger partial charge on any atom is 0.268 e. The quantitative estimate of drug-likeness (QED) is 0.669. The summed E-state index contributed by atoms with van der Waals surface area (Å²) in [7, 11) is 0. The van der Waals surface area contributed by atoms with Crippen LogP contribution in [0.4, 0.5) is 5.69 Å². The van der Waals surface area contributed by atoms with Gasteiger partial charge < -0.3 is 9.26 Å². The number of para-hydroxylation sites is 2. The highest BCUT2D eigenvalue weighted by molar-refractivity contribution is 9.10. The molecule has 2 heterocycles. The molecule has 4 rings (SSSR count). The van der Waals surface area contributed by atoms with Crippen LogP contribution in [-0.2, 0) is 11.3 Å². The normalized spacial score (nSPS) is 16.5. The molecule has 2 aromatic carbocycles. The van der Waals surface area contributed by atoms with Crippen LogP contribution in [0.25, 0.3) is 11.4 Å². The number of rotatable bonds is 3. The second kappa shape index (κ2) is 6.33. The van der Waals surface area contributed by atoms with Crippen LogP contribution >= 0.6 is 15.9 Å². The third-order valence-corrected chi connectivity index (χ3v) is 4.41. The fourth-order valence-corrected chi connectivity index (χ4v) is 3.12. The molecule has 1 aromatic heterocycles. The average molecular weight is 400 g/mol. The van der Waals surface area contributed by atoms with Crippen molar-refractivity contribution in [1.29, 1.82) is 0 Å². The second-order valence-corrected chi connectivity index (χ2v) is 6.59. The zero-order valence-corrected chi connectivity index (χ0v) is 14.9. The summed E-state index contributed by atoms with van der Waals surface area (Å²) >= 11 is 3.43. The van der Waals surface area contributed by atoms with E-state index in [4.69, 9.17) is 9.26 Å². The first-order valence-electron chi connectivity index (χ1n) is 7.77. The molecule has 126 valence electrons. The predicted octanol–water partition coefficient (Wildman–Crippen LogP) is 3.81. The van der Waals surface area contributed by atoms with Crippen molar-refractivity contribution >= 4 is 27.5 Å². The lowest BCUT2D eigenvalue weighted by Crippen LogP contribution is -2.44. The smallest absolute Gasteiger partial charge is 0.268 e. The monoisotopic (exact) mass is 399 g/mol. The zero-order valence-electron chi connectivity index (χ0n) is 13.3. The minimum absolute atomic E-state index is 0.138. The molecule has 3 aromatic rings. The molecule has 0 saturated carbocycles. The number of hydrogen-bond acceptors (Lipinski definition) is 5. The minimum atomic E-state index is -0.553. The van der Waals surface area contributed by atoms with Crippen LogP contribution in [0.5, 0.6) is 5.75 Å². The Morgan fingerprint density at radius 3 is 2.88 bits per heavy atom. The van der Waals surface area contributed by atoms with E-state index in [2.05, 4.69) is 26.1 Å². The molecule has 0 N–H and O–H groups in total. The summed E-state index contributed by atoms with van der Waals surface area (Å²) < 4.78 is 11.9. The molecule has 1 aliphatic heterocycles. The lowest BCUT2D eigenvalue weighted by Gasteiger charge is -2.31. The Morgan fingerprint density at radius 1 is 1.20 bits per heavy atom. The SMILES string of the molecule is CC1Oc2ccccc2N(Cc2nc(-c3cccc(Br)c3)no2)C1=O. The Kier molecular flexibility index (Phi) is 4.01. The number of carbonyl (C=O) groups excluding carboxylic acids is 1. The van der Waals surface area contributed by atoms with Gasteiger partial charge in [0, 0.05) is 10.0 Å². The molecule has 0 radical (unpaired) electrons. The Labute approximate surface area is 152 Å². The number of hydrogen-bond donors (Lipinski definition) is 0. The van der Waals surface area contributed by atoms with Gasteiger partial charge in [-0.3, -0.25) is 9.69 Å². The summed E-state index contributed by atoms with van der Waals surface area (Å²) in [4.78, 5) is 18.5. The van der Waals surface area contributed by atoms with E-state index in [0.29, 0.717) is 23.2 Å². The molecule has 1 atom stereocenters. The van der Waals surface area contributed by atoms with Crippen molar-refractivity contribution in [3.8, 4) is 17.1 Å². The van der Waals surface area contributed by atoms with E-state index in [1.54, 1.807) is 11.8 Å². The van der Waals surface area contributed by atoms with Gasteiger partial charge in [-0.05, 0) is 31.2 Å². The number of ether oxygens (including phenoxy) is 1. The number of halogens is 1. The topological polar surface area (TPSA) is 68.5 Å². The third-order valence-electron chi connectivity index (χ3n) is 3.92. The molecule has 0 spiro atoms. The number of nitrogens with zero attached hydrogens (tertiary/aromatic N) is 3. The first-order valence-corrected chi connectivity index (χ1v) is 8.57. The molecular formula is C18H14BrN3O3. The van der Waals surface area contributed by atoms with Gasteiger partial charge in [0.1, 0.15) is 12.3 Å². The Hall–Kier alpha value is -2.67. The third kappa shape index (κ3) is 3.02. The highest BCUT2D eigenvalue weighted by Crippen LogP contribution is 2.34. The Balaban J connectivity index is 1.63. The maximum atomic E-state index is 12.5. The lowest BCUT2D eigenvalue weighted by atomic mass is 10.2. The number of fused-ring (bicyclic) bond motifs is 1. The van der Waals surface area contributed by atoms with Crippen LogP contribution in [0.15, 0.2) is 57.5 Å². The van der Waals surface area contributed by atoms with E-state index in [0.717, 1.165) is 10.0 Å². The van der Waals surface area contributed by atoms with Gasteiger partial charge in [-0.2, -0.15) is 4.98 Å². The fourth-order valence-electron chi connectivity index (χ4n) is 2.72. The first-order chi connectivity index (χ1) is 12.1. The summed E-state index contributed by atoms with van der Waals surface area (Å²) in [6, 6.07) is 15.0. The standard InChI is InChI=1S/C18H14BrN3O3/c1-11-18(23)22(14-7-2-3-8-15(14)24-11)10-16-20-17(21-25-16)12-5-4-6-13(19)9-12/h2-9,11H,10H2,1H3. The van der Waals surface area contributed by atoms with Crippen LogP contribution in [0.3, 0.4) is 0 Å². The van der Waals surface area contributed by atoms with E-state index < -0.39 is 6.10 Å². The molecule has 25 heavy (non-hydrogen) atoms. The van der Waals surface area contributed by atoms with Crippen molar-refractivity contribution in [3.63, 3.8) is 0 Å². The van der Waals surface area contributed by atoms with E-state index in [1.807, 2.05) is 48.5 Å². The highest BCUT2D eigenvalue weighted by atomic mass is 79.9. The molecule has 1 unspecified atom stereocenters. The van der Waals surface area contributed by atoms with E-state index in [9.17, 15) is 4.79 Å². The largest absolute Gasteiger partial charge is 0.479 e. The summed E-state index contributed by atoms with van der Waals surface area (Å²) in [6.45, 7) is 1.93. The zero-order chi connectivity index (χ0) is 17.4.